The van der Waals surface area contributed by atoms with Gasteiger partial charge in [0.25, 0.3) is 0 Å². The number of aliphatic hydroxyl groups is 1. The van der Waals surface area contributed by atoms with Gasteiger partial charge < -0.3 is 10.8 Å². The molecule has 0 unspecified atom stereocenters. The van der Waals surface area contributed by atoms with E-state index >= 15 is 0 Å². The second-order valence-corrected chi connectivity index (χ2v) is 3.13. The van der Waals surface area contributed by atoms with Gasteiger partial charge in [0.1, 0.15) is 6.61 Å². The van der Waals surface area contributed by atoms with Crippen LogP contribution in [0, 0.1) is 11.8 Å². The lowest BCUT2D eigenvalue weighted by Crippen LogP contribution is -1.88. The molecule has 0 bridgehead atoms. The number of hydrogen-bond acceptors (Lipinski definition) is 2. The maximum Gasteiger partial charge on any atom is 0.104 e. The largest absolute Gasteiger partial charge is 0.399 e. The van der Waals surface area contributed by atoms with E-state index in [4.69, 9.17) is 34.0 Å². The van der Waals surface area contributed by atoms with Crippen molar-refractivity contribution in [3.8, 4) is 11.8 Å². The monoisotopic (exact) mass is 215 g/mol. The molecule has 0 aliphatic heterocycles. The molecule has 13 heavy (non-hydrogen) atoms. The van der Waals surface area contributed by atoms with Gasteiger partial charge in [-0.15, -0.1) is 0 Å². The van der Waals surface area contributed by atoms with Gasteiger partial charge in [-0.25, -0.2) is 0 Å². The molecule has 0 fully saturated rings. The first-order chi connectivity index (χ1) is 6.15. The topological polar surface area (TPSA) is 46.2 Å². The van der Waals surface area contributed by atoms with Crippen molar-refractivity contribution in [1.29, 1.82) is 0 Å². The second-order valence-electron chi connectivity index (χ2n) is 2.32. The number of benzene rings is 1. The number of hydrogen-bond donors (Lipinski definition) is 2. The molecule has 0 aromatic heterocycles. The van der Waals surface area contributed by atoms with Crippen LogP contribution in [-0.4, -0.2) is 11.7 Å². The second kappa shape index (κ2) is 4.38. The molecule has 0 saturated carbocycles. The summed E-state index contributed by atoms with van der Waals surface area (Å²) in [7, 11) is 0. The Morgan fingerprint density at radius 3 is 2.31 bits per heavy atom. The van der Waals surface area contributed by atoms with E-state index in [9.17, 15) is 0 Å². The lowest BCUT2D eigenvalue weighted by Gasteiger charge is -2.00. The SMILES string of the molecule is Nc1cc(Cl)c(C#CCO)c(Cl)c1. The molecule has 0 saturated heterocycles. The lowest BCUT2D eigenvalue weighted by molar-refractivity contribution is 0.350. The third-order valence-electron chi connectivity index (χ3n) is 1.36. The van der Waals surface area contributed by atoms with E-state index in [1.165, 1.54) is 0 Å². The highest BCUT2D eigenvalue weighted by molar-refractivity contribution is 6.37. The molecule has 0 atom stereocenters. The standard InChI is InChI=1S/C9H7Cl2NO/c10-8-4-6(12)5-9(11)7(8)2-1-3-13/h4-5,13H,3,12H2. The normalized spacial score (nSPS) is 9.15. The third-order valence-corrected chi connectivity index (χ3v) is 1.95. The predicted octanol–water partition coefficient (Wildman–Crippen LogP) is 1.92. The molecule has 0 aliphatic rings. The van der Waals surface area contributed by atoms with Crippen LogP contribution < -0.4 is 5.73 Å². The van der Waals surface area contributed by atoms with E-state index in [1.54, 1.807) is 12.1 Å². The Balaban J connectivity index is 3.21. The number of halogens is 2. The first-order valence-corrected chi connectivity index (χ1v) is 4.25. The first-order valence-electron chi connectivity index (χ1n) is 3.49. The fourth-order valence-electron chi connectivity index (χ4n) is 0.840. The summed E-state index contributed by atoms with van der Waals surface area (Å²) in [6, 6.07) is 3.13. The van der Waals surface area contributed by atoms with E-state index in [0.29, 0.717) is 21.3 Å². The number of rotatable bonds is 0. The van der Waals surface area contributed by atoms with Gasteiger partial charge in [-0.2, -0.15) is 0 Å². The molecule has 1 aromatic carbocycles. The molecular formula is C9H7Cl2NO. The minimum Gasteiger partial charge on any atom is -0.399 e. The van der Waals surface area contributed by atoms with E-state index in [-0.39, 0.29) is 6.61 Å². The molecule has 68 valence electrons. The number of nitrogen functional groups attached to an aromatic ring is 1. The van der Waals surface area contributed by atoms with E-state index in [1.807, 2.05) is 0 Å². The summed E-state index contributed by atoms with van der Waals surface area (Å²) in [5.74, 6) is 5.10. The lowest BCUT2D eigenvalue weighted by atomic mass is 10.2. The molecule has 2 nitrogen and oxygen atoms in total. The average molecular weight is 216 g/mol. The summed E-state index contributed by atoms with van der Waals surface area (Å²) in [6.07, 6.45) is 0. The van der Waals surface area contributed by atoms with E-state index in [2.05, 4.69) is 11.8 Å². The Morgan fingerprint density at radius 2 is 1.85 bits per heavy atom. The maximum absolute atomic E-state index is 8.48. The van der Waals surface area contributed by atoms with Crippen LogP contribution in [0.5, 0.6) is 0 Å². The minimum absolute atomic E-state index is 0.225. The molecule has 0 radical (unpaired) electrons. The summed E-state index contributed by atoms with van der Waals surface area (Å²) in [5, 5.41) is 9.27. The van der Waals surface area contributed by atoms with Gasteiger partial charge in [0.05, 0.1) is 15.6 Å². The van der Waals surface area contributed by atoms with Crippen LogP contribution >= 0.6 is 23.2 Å². The Morgan fingerprint density at radius 1 is 1.31 bits per heavy atom. The zero-order valence-corrected chi connectivity index (χ0v) is 8.15. The minimum atomic E-state index is -0.225. The Kier molecular flexibility index (Phi) is 3.44. The van der Waals surface area contributed by atoms with Crippen LogP contribution in [-0.2, 0) is 0 Å². The summed E-state index contributed by atoms with van der Waals surface area (Å²) >= 11 is 11.6. The van der Waals surface area contributed by atoms with Gasteiger partial charge in [-0.05, 0) is 12.1 Å². The molecule has 1 aromatic rings. The van der Waals surface area contributed by atoms with Gasteiger partial charge in [-0.1, -0.05) is 35.0 Å². The van der Waals surface area contributed by atoms with Crippen molar-refractivity contribution in [2.45, 2.75) is 0 Å². The fourth-order valence-corrected chi connectivity index (χ4v) is 1.44. The molecule has 1 rings (SSSR count). The molecule has 0 heterocycles. The van der Waals surface area contributed by atoms with Crippen molar-refractivity contribution >= 4 is 28.9 Å². The van der Waals surface area contributed by atoms with Gasteiger partial charge in [0.15, 0.2) is 0 Å². The average Bonchev–Trinajstić information content (AvgIpc) is 2.02. The van der Waals surface area contributed by atoms with Crippen molar-refractivity contribution in [2.24, 2.45) is 0 Å². The van der Waals surface area contributed by atoms with Gasteiger partial charge in [0, 0.05) is 5.69 Å². The Hall–Kier alpha value is -0.880. The molecule has 4 heteroatoms. The van der Waals surface area contributed by atoms with Crippen LogP contribution in [0.3, 0.4) is 0 Å². The van der Waals surface area contributed by atoms with Crippen LogP contribution in [0.4, 0.5) is 5.69 Å². The van der Waals surface area contributed by atoms with Crippen LogP contribution in [0.25, 0.3) is 0 Å². The Labute approximate surface area is 86.3 Å². The molecule has 3 N–H and O–H groups in total. The highest BCUT2D eigenvalue weighted by atomic mass is 35.5. The van der Waals surface area contributed by atoms with Crippen LogP contribution in [0.2, 0.25) is 10.0 Å². The van der Waals surface area contributed by atoms with Crippen molar-refractivity contribution < 1.29 is 5.11 Å². The van der Waals surface area contributed by atoms with Crippen LogP contribution in [0.15, 0.2) is 12.1 Å². The van der Waals surface area contributed by atoms with E-state index < -0.39 is 0 Å². The van der Waals surface area contributed by atoms with Crippen molar-refractivity contribution in [1.82, 2.24) is 0 Å². The Bertz CT molecular complexity index is 356. The van der Waals surface area contributed by atoms with Crippen molar-refractivity contribution in [2.75, 3.05) is 12.3 Å². The quantitative estimate of drug-likeness (QED) is 0.514. The number of anilines is 1. The van der Waals surface area contributed by atoms with Gasteiger partial charge in [0.2, 0.25) is 0 Å². The van der Waals surface area contributed by atoms with Crippen molar-refractivity contribution in [3.63, 3.8) is 0 Å². The highest BCUT2D eigenvalue weighted by Gasteiger charge is 2.03. The predicted molar refractivity (Wildman–Crippen MR) is 54.8 cm³/mol. The molecule has 0 amide bonds. The van der Waals surface area contributed by atoms with Crippen molar-refractivity contribution in [3.05, 3.63) is 27.7 Å². The summed E-state index contributed by atoms with van der Waals surface area (Å²) in [6.45, 7) is -0.225. The molecule has 0 aliphatic carbocycles. The highest BCUT2D eigenvalue weighted by Crippen LogP contribution is 2.26. The number of nitrogens with two attached hydrogens (primary N) is 1. The van der Waals surface area contributed by atoms with Crippen LogP contribution in [0.1, 0.15) is 5.56 Å². The van der Waals surface area contributed by atoms with Gasteiger partial charge >= 0.3 is 0 Å². The zero-order chi connectivity index (χ0) is 9.84. The summed E-state index contributed by atoms with van der Waals surface area (Å²) in [5.41, 5.74) is 6.47. The number of aliphatic hydroxyl groups excluding tert-OH is 1. The fraction of sp³-hybridized carbons (Fsp3) is 0.111. The molecular weight excluding hydrogens is 209 g/mol. The molecule has 0 spiro atoms. The third kappa shape index (κ3) is 2.53. The smallest absolute Gasteiger partial charge is 0.104 e. The first kappa shape index (κ1) is 10.2. The van der Waals surface area contributed by atoms with E-state index in [0.717, 1.165) is 0 Å². The zero-order valence-electron chi connectivity index (χ0n) is 6.64. The summed E-state index contributed by atoms with van der Waals surface area (Å²) < 4.78 is 0. The van der Waals surface area contributed by atoms with Gasteiger partial charge in [-0.3, -0.25) is 0 Å². The maximum atomic E-state index is 8.48. The summed E-state index contributed by atoms with van der Waals surface area (Å²) in [4.78, 5) is 0.